The van der Waals surface area contributed by atoms with Crippen molar-refractivity contribution in [2.45, 2.75) is 10.8 Å². The van der Waals surface area contributed by atoms with E-state index in [0.29, 0.717) is 17.0 Å². The molecule has 0 saturated heterocycles. The van der Waals surface area contributed by atoms with Crippen LogP contribution in [-0.4, -0.2) is 15.9 Å². The number of rotatable bonds is 4. The zero-order valence-electron chi connectivity index (χ0n) is 9.54. The van der Waals surface area contributed by atoms with E-state index in [0.717, 1.165) is 10.6 Å². The Morgan fingerprint density at radius 1 is 1.33 bits per heavy atom. The molecule has 0 fully saturated rings. The van der Waals surface area contributed by atoms with Crippen molar-refractivity contribution >= 4 is 23.4 Å². The predicted octanol–water partition coefficient (Wildman–Crippen LogP) is 1.45. The van der Waals surface area contributed by atoms with Gasteiger partial charge in [-0.2, -0.15) is 0 Å². The highest BCUT2D eigenvalue weighted by Crippen LogP contribution is 2.24. The molecular weight excluding hydrogens is 248 g/mol. The molecule has 0 atom stereocenters. The van der Waals surface area contributed by atoms with Crippen LogP contribution >= 0.6 is 11.8 Å². The number of hydrogen-bond donors (Lipinski definition) is 2. The van der Waals surface area contributed by atoms with Gasteiger partial charge in [0.1, 0.15) is 6.33 Å². The molecule has 4 N–H and O–H groups in total. The fraction of sp³-hybridized carbons (Fsp3) is 0.0833. The lowest BCUT2D eigenvalue weighted by atomic mass is 10.1. The molecule has 0 aliphatic heterocycles. The monoisotopic (exact) mass is 260 g/mol. The van der Waals surface area contributed by atoms with Gasteiger partial charge in [0.25, 0.3) is 0 Å². The molecule has 0 saturated carbocycles. The summed E-state index contributed by atoms with van der Waals surface area (Å²) in [4.78, 5) is 18.9. The fourth-order valence-electron chi connectivity index (χ4n) is 1.40. The van der Waals surface area contributed by atoms with Crippen LogP contribution in [-0.2, 0) is 5.75 Å². The van der Waals surface area contributed by atoms with Gasteiger partial charge < -0.3 is 11.5 Å². The average molecular weight is 260 g/mol. The maximum Gasteiger partial charge on any atom is 0.248 e. The number of thioether (sulfide) groups is 1. The maximum atomic E-state index is 11.0. The van der Waals surface area contributed by atoms with Crippen LogP contribution in [0.5, 0.6) is 0 Å². The molecule has 0 aliphatic carbocycles. The van der Waals surface area contributed by atoms with Gasteiger partial charge in [0.15, 0.2) is 0 Å². The predicted molar refractivity (Wildman–Crippen MR) is 71.0 cm³/mol. The molecule has 5 nitrogen and oxygen atoms in total. The third kappa shape index (κ3) is 2.98. The number of nitrogen functional groups attached to an aromatic ring is 1. The summed E-state index contributed by atoms with van der Waals surface area (Å²) >= 11 is 1.55. The van der Waals surface area contributed by atoms with Crippen molar-refractivity contribution in [2.24, 2.45) is 5.73 Å². The average Bonchev–Trinajstić information content (AvgIpc) is 2.38. The van der Waals surface area contributed by atoms with Crippen molar-refractivity contribution in [2.75, 3.05) is 5.73 Å². The van der Waals surface area contributed by atoms with E-state index < -0.39 is 5.91 Å². The fourth-order valence-corrected chi connectivity index (χ4v) is 2.24. The third-order valence-corrected chi connectivity index (χ3v) is 3.35. The summed E-state index contributed by atoms with van der Waals surface area (Å²) in [6.45, 7) is 0. The maximum absolute atomic E-state index is 11.0. The van der Waals surface area contributed by atoms with Crippen molar-refractivity contribution in [3.63, 3.8) is 0 Å². The summed E-state index contributed by atoms with van der Waals surface area (Å²) in [6.07, 6.45) is 3.19. The van der Waals surface area contributed by atoms with E-state index in [-0.39, 0.29) is 0 Å². The van der Waals surface area contributed by atoms with Gasteiger partial charge in [-0.25, -0.2) is 9.97 Å². The lowest BCUT2D eigenvalue weighted by molar-refractivity contribution is 0.100. The van der Waals surface area contributed by atoms with Gasteiger partial charge in [-0.1, -0.05) is 6.07 Å². The summed E-state index contributed by atoms with van der Waals surface area (Å²) in [5.74, 6) is 0.207. The Morgan fingerprint density at radius 3 is 2.78 bits per heavy atom. The molecule has 92 valence electrons. The lowest BCUT2D eigenvalue weighted by Gasteiger charge is -2.06. The first-order chi connectivity index (χ1) is 8.66. The van der Waals surface area contributed by atoms with E-state index in [2.05, 4.69) is 9.97 Å². The Hall–Kier alpha value is -2.08. The van der Waals surface area contributed by atoms with Crippen molar-refractivity contribution in [3.8, 4) is 0 Å². The zero-order valence-corrected chi connectivity index (χ0v) is 10.4. The number of nitrogens with two attached hydrogens (primary N) is 2. The standard InChI is InChI=1S/C12H12N4OS/c13-10-5-8(12(14)17)1-2-9(10)6-18-11-3-4-15-7-16-11/h1-5,7H,6,13H2,(H2,14,17). The topological polar surface area (TPSA) is 94.9 Å². The Balaban J connectivity index is 2.08. The molecule has 6 heteroatoms. The van der Waals surface area contributed by atoms with Crippen LogP contribution in [0.25, 0.3) is 0 Å². The number of nitrogens with zero attached hydrogens (tertiary/aromatic N) is 2. The molecule has 1 aromatic carbocycles. The number of carbonyl (C=O) groups excluding carboxylic acids is 1. The minimum absolute atomic E-state index is 0.420. The SMILES string of the molecule is NC(=O)c1ccc(CSc2ccncn2)c(N)c1. The summed E-state index contributed by atoms with van der Waals surface area (Å²) in [5.41, 5.74) is 13.0. The third-order valence-electron chi connectivity index (χ3n) is 2.36. The highest BCUT2D eigenvalue weighted by atomic mass is 32.2. The van der Waals surface area contributed by atoms with E-state index in [1.165, 1.54) is 6.33 Å². The summed E-state index contributed by atoms with van der Waals surface area (Å²) < 4.78 is 0. The minimum Gasteiger partial charge on any atom is -0.398 e. The second-order valence-electron chi connectivity index (χ2n) is 3.61. The van der Waals surface area contributed by atoms with Gasteiger partial charge in [-0.15, -0.1) is 11.8 Å². The number of anilines is 1. The van der Waals surface area contributed by atoms with Gasteiger partial charge in [0.05, 0.1) is 5.03 Å². The number of amides is 1. The smallest absolute Gasteiger partial charge is 0.248 e. The summed E-state index contributed by atoms with van der Waals surface area (Å²) in [5, 5.41) is 0.878. The van der Waals surface area contributed by atoms with E-state index in [1.807, 2.05) is 12.1 Å². The Kier molecular flexibility index (Phi) is 3.78. The van der Waals surface area contributed by atoms with Crippen LogP contribution in [0, 0.1) is 0 Å². The molecule has 0 bridgehead atoms. The van der Waals surface area contributed by atoms with Gasteiger partial charge in [-0.05, 0) is 23.8 Å². The molecule has 2 aromatic rings. The van der Waals surface area contributed by atoms with Crippen LogP contribution in [0.1, 0.15) is 15.9 Å². The number of hydrogen-bond acceptors (Lipinski definition) is 5. The number of benzene rings is 1. The van der Waals surface area contributed by atoms with Gasteiger partial charge in [-0.3, -0.25) is 4.79 Å². The highest BCUT2D eigenvalue weighted by molar-refractivity contribution is 7.98. The molecular formula is C12H12N4OS. The van der Waals surface area contributed by atoms with Crippen LogP contribution in [0.3, 0.4) is 0 Å². The Labute approximate surface area is 109 Å². The van der Waals surface area contributed by atoms with Crippen molar-refractivity contribution in [1.29, 1.82) is 0 Å². The lowest BCUT2D eigenvalue weighted by Crippen LogP contribution is -2.11. The summed E-state index contributed by atoms with van der Waals surface area (Å²) in [6, 6.07) is 6.91. The quantitative estimate of drug-likeness (QED) is 0.493. The molecule has 1 amide bonds. The molecule has 0 unspecified atom stereocenters. The molecule has 1 aromatic heterocycles. The molecule has 0 spiro atoms. The second kappa shape index (κ2) is 5.50. The van der Waals surface area contributed by atoms with Crippen molar-refractivity contribution in [3.05, 3.63) is 47.9 Å². The molecule has 2 rings (SSSR count). The molecule has 18 heavy (non-hydrogen) atoms. The summed E-state index contributed by atoms with van der Waals surface area (Å²) in [7, 11) is 0. The van der Waals surface area contributed by atoms with Gasteiger partial charge >= 0.3 is 0 Å². The molecule has 0 radical (unpaired) electrons. The van der Waals surface area contributed by atoms with E-state index in [9.17, 15) is 4.79 Å². The van der Waals surface area contributed by atoms with Crippen LogP contribution < -0.4 is 11.5 Å². The van der Waals surface area contributed by atoms with Crippen LogP contribution in [0.15, 0.2) is 41.8 Å². The van der Waals surface area contributed by atoms with E-state index >= 15 is 0 Å². The van der Waals surface area contributed by atoms with Crippen LogP contribution in [0.4, 0.5) is 5.69 Å². The van der Waals surface area contributed by atoms with Gasteiger partial charge in [0.2, 0.25) is 5.91 Å². The first-order valence-electron chi connectivity index (χ1n) is 5.24. The number of carbonyl (C=O) groups is 1. The molecule has 1 heterocycles. The Bertz CT molecular complexity index is 559. The van der Waals surface area contributed by atoms with Crippen molar-refractivity contribution in [1.82, 2.24) is 9.97 Å². The normalized spacial score (nSPS) is 10.2. The second-order valence-corrected chi connectivity index (χ2v) is 4.61. The highest BCUT2D eigenvalue weighted by Gasteiger charge is 2.05. The van der Waals surface area contributed by atoms with Crippen LogP contribution in [0.2, 0.25) is 0 Å². The van der Waals surface area contributed by atoms with Gasteiger partial charge in [0, 0.05) is 23.2 Å². The van der Waals surface area contributed by atoms with E-state index in [4.69, 9.17) is 11.5 Å². The van der Waals surface area contributed by atoms with E-state index in [1.54, 1.807) is 30.1 Å². The largest absolute Gasteiger partial charge is 0.398 e. The molecule has 0 aliphatic rings. The first kappa shape index (κ1) is 12.4. The number of primary amides is 1. The Morgan fingerprint density at radius 2 is 2.17 bits per heavy atom. The zero-order chi connectivity index (χ0) is 13.0. The number of aromatic nitrogens is 2. The van der Waals surface area contributed by atoms with Crippen molar-refractivity contribution < 1.29 is 4.79 Å². The first-order valence-corrected chi connectivity index (χ1v) is 6.22. The minimum atomic E-state index is -0.475.